The fourth-order valence-electron chi connectivity index (χ4n) is 2.70. The molecule has 1 amide bonds. The first-order chi connectivity index (χ1) is 11.6. The van der Waals surface area contributed by atoms with E-state index in [1.165, 1.54) is 4.90 Å². The average molecular weight is 418 g/mol. The number of hydrogen-bond donors (Lipinski definition) is 3. The zero-order valence-corrected chi connectivity index (χ0v) is 16.2. The predicted octanol–water partition coefficient (Wildman–Crippen LogP) is 2.66. The van der Waals surface area contributed by atoms with Crippen LogP contribution < -0.4 is 11.1 Å². The summed E-state index contributed by atoms with van der Waals surface area (Å²) >= 11 is 3.34. The molecule has 25 heavy (non-hydrogen) atoms. The molecule has 4 atom stereocenters. The maximum Gasteiger partial charge on any atom is 0.410 e. The molecule has 1 heterocycles. The van der Waals surface area contributed by atoms with Crippen LogP contribution in [0.5, 0.6) is 0 Å². The van der Waals surface area contributed by atoms with Gasteiger partial charge in [0, 0.05) is 10.9 Å². The van der Waals surface area contributed by atoms with Crippen molar-refractivity contribution < 1.29 is 19.0 Å². The number of aliphatic hydroxyl groups excluding tert-OH is 1. The second-order valence-electron chi connectivity index (χ2n) is 7.17. The third-order valence-corrected chi connectivity index (χ3v) is 4.39. The number of ether oxygens (including phenoxy) is 1. The van der Waals surface area contributed by atoms with E-state index in [-0.39, 0.29) is 13.0 Å². The number of likely N-dealkylation sites (tertiary alicyclic amines) is 1. The van der Waals surface area contributed by atoms with Crippen LogP contribution in [0.1, 0.15) is 38.9 Å². The normalized spacial score (nSPS) is 23.4. The van der Waals surface area contributed by atoms with Crippen LogP contribution in [0.25, 0.3) is 0 Å². The molecule has 0 aromatic heterocycles. The maximum atomic E-state index is 13.9. The second-order valence-corrected chi connectivity index (χ2v) is 8.09. The minimum atomic E-state index is -1.21. The number of carbonyl (C=O) groups excluding carboxylic acids is 1. The number of hydrogen-bond acceptors (Lipinski definition) is 5. The molecule has 4 N–H and O–H groups in total. The van der Waals surface area contributed by atoms with E-state index in [1.807, 2.05) is 24.3 Å². The fraction of sp³-hybridized carbons (Fsp3) is 0.588. The molecule has 6 nitrogen and oxygen atoms in total. The molecule has 8 heteroatoms. The number of benzene rings is 1. The molecule has 0 bridgehead atoms. The molecule has 1 aromatic rings. The van der Waals surface area contributed by atoms with Crippen LogP contribution >= 0.6 is 15.9 Å². The van der Waals surface area contributed by atoms with Gasteiger partial charge in [0.1, 0.15) is 18.0 Å². The summed E-state index contributed by atoms with van der Waals surface area (Å²) in [6.07, 6.45) is -3.65. The quantitative estimate of drug-likeness (QED) is 0.655. The summed E-state index contributed by atoms with van der Waals surface area (Å²) in [4.78, 5) is 13.5. The van der Waals surface area contributed by atoms with Crippen LogP contribution in [0.15, 0.2) is 28.7 Å². The Labute approximate surface area is 155 Å². The zero-order chi connectivity index (χ0) is 18.8. The van der Waals surface area contributed by atoms with Crippen molar-refractivity contribution in [2.75, 3.05) is 6.54 Å². The average Bonchev–Trinajstić information content (AvgIpc) is 2.88. The smallest absolute Gasteiger partial charge is 0.410 e. The predicted molar refractivity (Wildman–Crippen MR) is 96.5 cm³/mol. The Morgan fingerprint density at radius 2 is 2.04 bits per heavy atom. The lowest BCUT2D eigenvalue weighted by Crippen LogP contribution is -2.52. The summed E-state index contributed by atoms with van der Waals surface area (Å²) in [6, 6.07) is 6.55. The van der Waals surface area contributed by atoms with Crippen LogP contribution in [-0.4, -0.2) is 46.7 Å². The lowest BCUT2D eigenvalue weighted by Gasteiger charge is -2.32. The lowest BCUT2D eigenvalue weighted by atomic mass is 10.1. The molecule has 1 aromatic carbocycles. The molecule has 0 spiro atoms. The van der Waals surface area contributed by atoms with E-state index in [0.717, 1.165) is 10.0 Å². The molecule has 1 saturated heterocycles. The third-order valence-electron chi connectivity index (χ3n) is 3.86. The summed E-state index contributed by atoms with van der Waals surface area (Å²) in [6.45, 7) is 5.11. The molecule has 0 radical (unpaired) electrons. The largest absolute Gasteiger partial charge is 0.444 e. The molecule has 1 aliphatic rings. The van der Waals surface area contributed by atoms with Gasteiger partial charge in [-0.25, -0.2) is 9.18 Å². The number of carbonyl (C=O) groups is 1. The lowest BCUT2D eigenvalue weighted by molar-refractivity contribution is -0.00410. The molecule has 2 unspecified atom stereocenters. The molecular formula is C17H25BrFN3O3. The van der Waals surface area contributed by atoms with E-state index < -0.39 is 36.3 Å². The van der Waals surface area contributed by atoms with Gasteiger partial charge in [-0.3, -0.25) is 10.2 Å². The van der Waals surface area contributed by atoms with Crippen LogP contribution in [0.3, 0.4) is 0 Å². The third kappa shape index (κ3) is 5.64. The second kappa shape index (κ2) is 7.99. The van der Waals surface area contributed by atoms with Gasteiger partial charge in [-0.2, -0.15) is 0 Å². The van der Waals surface area contributed by atoms with Gasteiger partial charge in [0.05, 0.1) is 18.8 Å². The minimum Gasteiger partial charge on any atom is -0.444 e. The number of nitrogens with zero attached hydrogens (tertiary/aromatic N) is 1. The topological polar surface area (TPSA) is 87.8 Å². The Bertz CT molecular complexity index is 594. The summed E-state index contributed by atoms with van der Waals surface area (Å²) < 4.78 is 20.1. The summed E-state index contributed by atoms with van der Waals surface area (Å²) in [5.74, 6) is 0. The highest BCUT2D eigenvalue weighted by Gasteiger charge is 2.41. The highest BCUT2D eigenvalue weighted by Crippen LogP contribution is 2.25. The highest BCUT2D eigenvalue weighted by atomic mass is 79.9. The standard InChI is InChI=1S/C17H25BrFN3O3/c1-17(2,3)25-16(24)22-9-12(19)8-13(22)15(23)21-14(20)10-4-6-11(18)7-5-10/h4-7,12-15,21,23H,8-9,20H2,1-3H3/t12-,13-,14?,15?/m0/s1. The van der Waals surface area contributed by atoms with E-state index in [1.54, 1.807) is 20.8 Å². The first-order valence-corrected chi connectivity index (χ1v) is 8.95. The monoisotopic (exact) mass is 417 g/mol. The van der Waals surface area contributed by atoms with E-state index >= 15 is 0 Å². The molecule has 2 rings (SSSR count). The van der Waals surface area contributed by atoms with E-state index in [4.69, 9.17) is 10.5 Å². The van der Waals surface area contributed by atoms with Crippen molar-refractivity contribution in [2.24, 2.45) is 5.73 Å². The van der Waals surface area contributed by atoms with Crippen molar-refractivity contribution >= 4 is 22.0 Å². The Balaban J connectivity index is 2.03. The van der Waals surface area contributed by atoms with Gasteiger partial charge in [0.15, 0.2) is 0 Å². The van der Waals surface area contributed by atoms with Crippen molar-refractivity contribution in [3.8, 4) is 0 Å². The minimum absolute atomic E-state index is 0.0282. The van der Waals surface area contributed by atoms with E-state index in [2.05, 4.69) is 21.2 Å². The van der Waals surface area contributed by atoms with Crippen LogP contribution in [-0.2, 0) is 4.74 Å². The number of nitrogens with one attached hydrogen (secondary N) is 1. The molecule has 0 aliphatic carbocycles. The van der Waals surface area contributed by atoms with Gasteiger partial charge >= 0.3 is 6.09 Å². The van der Waals surface area contributed by atoms with Gasteiger partial charge in [-0.15, -0.1) is 0 Å². The summed E-state index contributed by atoms with van der Waals surface area (Å²) in [5, 5.41) is 13.3. The van der Waals surface area contributed by atoms with Crippen molar-refractivity contribution in [2.45, 2.75) is 57.4 Å². The molecular weight excluding hydrogens is 393 g/mol. The number of nitrogens with two attached hydrogens (primary N) is 1. The van der Waals surface area contributed by atoms with Gasteiger partial charge < -0.3 is 15.6 Å². The number of aliphatic hydroxyl groups is 1. The summed E-state index contributed by atoms with van der Waals surface area (Å²) in [5.41, 5.74) is 6.13. The zero-order valence-electron chi connectivity index (χ0n) is 14.6. The fourth-order valence-corrected chi connectivity index (χ4v) is 2.97. The van der Waals surface area contributed by atoms with Crippen LogP contribution in [0.2, 0.25) is 0 Å². The van der Waals surface area contributed by atoms with E-state index in [0.29, 0.717) is 0 Å². The first kappa shape index (κ1) is 20.1. The van der Waals surface area contributed by atoms with Crippen molar-refractivity contribution in [3.05, 3.63) is 34.3 Å². The Hall–Kier alpha value is -1.22. The van der Waals surface area contributed by atoms with Crippen molar-refractivity contribution in [3.63, 3.8) is 0 Å². The maximum absolute atomic E-state index is 13.9. The Kier molecular flexibility index (Phi) is 6.42. The SMILES string of the molecule is CC(C)(C)OC(=O)N1C[C@@H](F)C[C@H]1C(O)NC(N)c1ccc(Br)cc1. The molecule has 1 aliphatic heterocycles. The van der Waals surface area contributed by atoms with Gasteiger partial charge in [0.25, 0.3) is 0 Å². The number of alkyl halides is 1. The van der Waals surface area contributed by atoms with Crippen LogP contribution in [0, 0.1) is 0 Å². The van der Waals surface area contributed by atoms with Gasteiger partial charge in [-0.05, 0) is 38.5 Å². The number of halogens is 2. The highest BCUT2D eigenvalue weighted by molar-refractivity contribution is 9.10. The first-order valence-electron chi connectivity index (χ1n) is 8.15. The molecule has 140 valence electrons. The van der Waals surface area contributed by atoms with Crippen molar-refractivity contribution in [1.82, 2.24) is 10.2 Å². The van der Waals surface area contributed by atoms with Crippen LogP contribution in [0.4, 0.5) is 9.18 Å². The van der Waals surface area contributed by atoms with Gasteiger partial charge in [-0.1, -0.05) is 28.1 Å². The van der Waals surface area contributed by atoms with Crippen molar-refractivity contribution in [1.29, 1.82) is 0 Å². The van der Waals surface area contributed by atoms with E-state index in [9.17, 15) is 14.3 Å². The Morgan fingerprint density at radius 3 is 2.60 bits per heavy atom. The number of amides is 1. The Morgan fingerprint density at radius 1 is 1.44 bits per heavy atom. The summed E-state index contributed by atoms with van der Waals surface area (Å²) in [7, 11) is 0. The number of rotatable bonds is 4. The van der Waals surface area contributed by atoms with Gasteiger partial charge in [0.2, 0.25) is 0 Å². The molecule has 1 fully saturated rings. The molecule has 0 saturated carbocycles.